The molecule has 31 heavy (non-hydrogen) atoms. The molecular formula is C24H21N5OS. The van der Waals surface area contributed by atoms with Gasteiger partial charge in [-0.25, -0.2) is 9.97 Å². The standard InChI is InChI=1S/C24H21N5OS/c1-16-8-3-4-10-19(16)23-27-28-24(29(23)14-18-9-7-13-30-18)31-15-22-25-17(2)20-11-5-6-12-21(20)26-22/h3-13H,14-15H2,1-2H3. The maximum absolute atomic E-state index is 5.60. The fourth-order valence-electron chi connectivity index (χ4n) is 3.61. The van der Waals surface area contributed by atoms with Crippen molar-refractivity contribution < 1.29 is 4.42 Å². The Balaban J connectivity index is 1.48. The molecule has 0 aliphatic heterocycles. The Morgan fingerprint density at radius 1 is 0.903 bits per heavy atom. The normalized spacial score (nSPS) is 11.3. The molecule has 5 aromatic rings. The van der Waals surface area contributed by atoms with E-state index < -0.39 is 0 Å². The number of aromatic nitrogens is 5. The van der Waals surface area contributed by atoms with Crippen molar-refractivity contribution >= 4 is 22.7 Å². The van der Waals surface area contributed by atoms with Gasteiger partial charge in [-0.1, -0.05) is 54.2 Å². The molecule has 6 nitrogen and oxygen atoms in total. The van der Waals surface area contributed by atoms with Crippen molar-refractivity contribution in [2.24, 2.45) is 0 Å². The summed E-state index contributed by atoms with van der Waals surface area (Å²) in [6, 6.07) is 20.1. The van der Waals surface area contributed by atoms with Crippen LogP contribution in [-0.2, 0) is 12.3 Å². The molecular weight excluding hydrogens is 406 g/mol. The summed E-state index contributed by atoms with van der Waals surface area (Å²) >= 11 is 1.58. The third-order valence-electron chi connectivity index (χ3n) is 5.17. The molecule has 7 heteroatoms. The fraction of sp³-hybridized carbons (Fsp3) is 0.167. The predicted molar refractivity (Wildman–Crippen MR) is 122 cm³/mol. The lowest BCUT2D eigenvalue weighted by Crippen LogP contribution is -2.05. The summed E-state index contributed by atoms with van der Waals surface area (Å²) < 4.78 is 7.70. The zero-order valence-electron chi connectivity index (χ0n) is 17.3. The lowest BCUT2D eigenvalue weighted by molar-refractivity contribution is 0.485. The van der Waals surface area contributed by atoms with Crippen molar-refractivity contribution in [3.05, 3.63) is 89.8 Å². The highest BCUT2D eigenvalue weighted by Crippen LogP contribution is 2.29. The number of hydrogen-bond donors (Lipinski definition) is 0. The van der Waals surface area contributed by atoms with E-state index in [4.69, 9.17) is 14.4 Å². The van der Waals surface area contributed by atoms with Gasteiger partial charge in [0, 0.05) is 16.6 Å². The molecule has 0 saturated carbocycles. The van der Waals surface area contributed by atoms with E-state index in [1.165, 1.54) is 0 Å². The Morgan fingerprint density at radius 2 is 1.74 bits per heavy atom. The van der Waals surface area contributed by atoms with Crippen LogP contribution in [0.2, 0.25) is 0 Å². The molecule has 0 spiro atoms. The topological polar surface area (TPSA) is 69.6 Å². The summed E-state index contributed by atoms with van der Waals surface area (Å²) in [5.41, 5.74) is 4.16. The molecule has 0 aliphatic rings. The second-order valence-corrected chi connectivity index (χ2v) is 8.26. The highest BCUT2D eigenvalue weighted by molar-refractivity contribution is 7.98. The van der Waals surface area contributed by atoms with Crippen LogP contribution in [-0.4, -0.2) is 24.7 Å². The van der Waals surface area contributed by atoms with Crippen LogP contribution in [0.5, 0.6) is 0 Å². The number of rotatable bonds is 6. The quantitative estimate of drug-likeness (QED) is 0.336. The number of furan rings is 1. The SMILES string of the molecule is Cc1ccccc1-c1nnc(SCc2nc(C)c3ccccc3n2)n1Cc1ccco1. The van der Waals surface area contributed by atoms with Crippen LogP contribution in [0, 0.1) is 13.8 Å². The summed E-state index contributed by atoms with van der Waals surface area (Å²) in [7, 11) is 0. The fourth-order valence-corrected chi connectivity index (χ4v) is 4.40. The maximum atomic E-state index is 5.60. The molecule has 2 aromatic carbocycles. The second kappa shape index (κ2) is 8.35. The first-order chi connectivity index (χ1) is 15.2. The van der Waals surface area contributed by atoms with E-state index in [2.05, 4.69) is 39.9 Å². The highest BCUT2D eigenvalue weighted by Gasteiger charge is 2.18. The highest BCUT2D eigenvalue weighted by atomic mass is 32.2. The van der Waals surface area contributed by atoms with Gasteiger partial charge >= 0.3 is 0 Å². The van der Waals surface area contributed by atoms with Crippen molar-refractivity contribution in [3.63, 3.8) is 0 Å². The Morgan fingerprint density at radius 3 is 2.58 bits per heavy atom. The molecule has 0 fully saturated rings. The largest absolute Gasteiger partial charge is 0.467 e. The number of hydrogen-bond acceptors (Lipinski definition) is 6. The van der Waals surface area contributed by atoms with Gasteiger partial charge in [-0.15, -0.1) is 10.2 Å². The van der Waals surface area contributed by atoms with Gasteiger partial charge in [0.15, 0.2) is 11.0 Å². The van der Waals surface area contributed by atoms with Crippen molar-refractivity contribution in [2.75, 3.05) is 0 Å². The first kappa shape index (κ1) is 19.5. The van der Waals surface area contributed by atoms with Gasteiger partial charge in [0.1, 0.15) is 11.6 Å². The van der Waals surface area contributed by atoms with Gasteiger partial charge < -0.3 is 4.42 Å². The number of fused-ring (bicyclic) bond motifs is 1. The zero-order chi connectivity index (χ0) is 21.2. The molecule has 154 valence electrons. The van der Waals surface area contributed by atoms with Gasteiger partial charge in [0.2, 0.25) is 0 Å². The maximum Gasteiger partial charge on any atom is 0.192 e. The molecule has 0 saturated heterocycles. The lowest BCUT2D eigenvalue weighted by Gasteiger charge is -2.10. The average Bonchev–Trinajstić information content (AvgIpc) is 3.43. The molecule has 0 unspecified atom stereocenters. The summed E-state index contributed by atoms with van der Waals surface area (Å²) in [5, 5.41) is 10.9. The van der Waals surface area contributed by atoms with Crippen molar-refractivity contribution in [2.45, 2.75) is 31.3 Å². The summed E-state index contributed by atoms with van der Waals surface area (Å²) in [5.74, 6) is 3.07. The molecule has 0 atom stereocenters. The smallest absolute Gasteiger partial charge is 0.192 e. The first-order valence-corrected chi connectivity index (χ1v) is 11.0. The van der Waals surface area contributed by atoms with Crippen LogP contribution < -0.4 is 0 Å². The Labute approximate surface area is 184 Å². The van der Waals surface area contributed by atoms with Crippen LogP contribution in [0.3, 0.4) is 0 Å². The van der Waals surface area contributed by atoms with Gasteiger partial charge in [0.25, 0.3) is 0 Å². The van der Waals surface area contributed by atoms with Gasteiger partial charge in [-0.3, -0.25) is 4.57 Å². The van der Waals surface area contributed by atoms with Crippen LogP contribution in [0.1, 0.15) is 22.8 Å². The van der Waals surface area contributed by atoms with E-state index in [1.807, 2.05) is 49.4 Å². The van der Waals surface area contributed by atoms with Gasteiger partial charge in [0.05, 0.1) is 24.1 Å². The van der Waals surface area contributed by atoms with E-state index in [9.17, 15) is 0 Å². The Bertz CT molecular complexity index is 1340. The number of aryl methyl sites for hydroxylation is 2. The van der Waals surface area contributed by atoms with Gasteiger partial charge in [-0.2, -0.15) is 0 Å². The minimum atomic E-state index is 0.559. The third-order valence-corrected chi connectivity index (χ3v) is 6.13. The van der Waals surface area contributed by atoms with Crippen LogP contribution in [0.25, 0.3) is 22.3 Å². The third kappa shape index (κ3) is 3.96. The van der Waals surface area contributed by atoms with Crippen LogP contribution in [0.15, 0.2) is 76.5 Å². The van der Waals surface area contributed by atoms with Crippen LogP contribution in [0.4, 0.5) is 0 Å². The van der Waals surface area contributed by atoms with Gasteiger partial charge in [-0.05, 0) is 37.6 Å². The number of thioether (sulfide) groups is 1. The molecule has 3 aromatic heterocycles. The van der Waals surface area contributed by atoms with E-state index in [-0.39, 0.29) is 0 Å². The summed E-state index contributed by atoms with van der Waals surface area (Å²) in [4.78, 5) is 9.42. The molecule has 0 aliphatic carbocycles. The average molecular weight is 428 g/mol. The summed E-state index contributed by atoms with van der Waals surface area (Å²) in [6.45, 7) is 4.66. The number of nitrogens with zero attached hydrogens (tertiary/aromatic N) is 5. The van der Waals surface area contributed by atoms with Crippen molar-refractivity contribution in [1.29, 1.82) is 0 Å². The minimum Gasteiger partial charge on any atom is -0.467 e. The van der Waals surface area contributed by atoms with Crippen LogP contribution >= 0.6 is 11.8 Å². The van der Waals surface area contributed by atoms with E-state index in [1.54, 1.807) is 18.0 Å². The summed E-state index contributed by atoms with van der Waals surface area (Å²) in [6.07, 6.45) is 1.69. The molecule has 0 amide bonds. The van der Waals surface area contributed by atoms with E-state index >= 15 is 0 Å². The van der Waals surface area contributed by atoms with Crippen molar-refractivity contribution in [1.82, 2.24) is 24.7 Å². The Hall–Kier alpha value is -3.45. The molecule has 3 heterocycles. The minimum absolute atomic E-state index is 0.559. The molecule has 0 bridgehead atoms. The van der Waals surface area contributed by atoms with E-state index in [0.717, 1.165) is 50.3 Å². The number of para-hydroxylation sites is 1. The molecule has 5 rings (SSSR count). The van der Waals surface area contributed by atoms with E-state index in [0.29, 0.717) is 12.3 Å². The van der Waals surface area contributed by atoms with Crippen molar-refractivity contribution in [3.8, 4) is 11.4 Å². The predicted octanol–water partition coefficient (Wildman–Crippen LogP) is 5.44. The second-order valence-electron chi connectivity index (χ2n) is 7.32. The zero-order valence-corrected chi connectivity index (χ0v) is 18.1. The molecule has 0 radical (unpaired) electrons. The first-order valence-electron chi connectivity index (χ1n) is 10.1. The lowest BCUT2D eigenvalue weighted by atomic mass is 10.1. The number of benzene rings is 2. The Kier molecular flexibility index (Phi) is 5.26. The molecule has 0 N–H and O–H groups in total. The monoisotopic (exact) mass is 427 g/mol.